The quantitative estimate of drug-likeness (QED) is 0.325. The van der Waals surface area contributed by atoms with Crippen molar-refractivity contribution in [1.29, 1.82) is 0 Å². The maximum atomic E-state index is 12.2. The minimum Gasteiger partial charge on any atom is -0.496 e. The molecule has 1 heterocycles. The number of rotatable bonds is 4. The van der Waals surface area contributed by atoms with Crippen LogP contribution in [-0.4, -0.2) is 19.2 Å². The minimum absolute atomic E-state index is 0.207. The molecule has 0 bridgehead atoms. The third kappa shape index (κ3) is 3.62. The number of benzene rings is 2. The lowest BCUT2D eigenvalue weighted by Gasteiger charge is -2.02. The van der Waals surface area contributed by atoms with Crippen molar-refractivity contribution in [2.75, 3.05) is 7.11 Å². The summed E-state index contributed by atoms with van der Waals surface area (Å²) in [5.41, 5.74) is 3.91. The highest BCUT2D eigenvalue weighted by molar-refractivity contribution is 14.1. The van der Waals surface area contributed by atoms with Crippen molar-refractivity contribution >= 4 is 61.6 Å². The molecule has 1 N–H and O–H groups in total. The van der Waals surface area contributed by atoms with Gasteiger partial charge in [0, 0.05) is 15.4 Å². The van der Waals surface area contributed by atoms with Crippen molar-refractivity contribution in [3.8, 4) is 5.75 Å². The molecule has 0 saturated heterocycles. The van der Waals surface area contributed by atoms with Gasteiger partial charge in [0.1, 0.15) is 11.3 Å². The van der Waals surface area contributed by atoms with Gasteiger partial charge in [0.15, 0.2) is 5.76 Å². The molecule has 0 aliphatic carbocycles. The second-order valence-corrected chi connectivity index (χ2v) is 6.94. The molecule has 5 nitrogen and oxygen atoms in total. The van der Waals surface area contributed by atoms with Crippen LogP contribution in [0.2, 0.25) is 0 Å². The summed E-state index contributed by atoms with van der Waals surface area (Å²) in [6.45, 7) is 0. The molecule has 122 valence electrons. The summed E-state index contributed by atoms with van der Waals surface area (Å²) in [4.78, 5) is 12.2. The summed E-state index contributed by atoms with van der Waals surface area (Å²) in [5, 5.41) is 4.82. The Kier molecular flexibility index (Phi) is 5.20. The lowest BCUT2D eigenvalue weighted by Crippen LogP contribution is -2.16. The molecule has 0 aliphatic rings. The standard InChI is InChI=1S/C17H12BrIN2O3/c1-23-14-5-3-2-4-10(14)9-20-21-17(22)15-7-11-6-12(18)8-13(19)16(11)24-15/h2-9H,1H3,(H,21,22)/b20-9-. The zero-order valence-corrected chi connectivity index (χ0v) is 16.3. The molecule has 2 aromatic carbocycles. The summed E-state index contributed by atoms with van der Waals surface area (Å²) < 4.78 is 12.7. The summed E-state index contributed by atoms with van der Waals surface area (Å²) in [5.74, 6) is 0.473. The summed E-state index contributed by atoms with van der Waals surface area (Å²) >= 11 is 5.59. The number of fused-ring (bicyclic) bond motifs is 1. The first-order chi connectivity index (χ1) is 11.6. The normalized spacial score (nSPS) is 11.1. The van der Waals surface area contributed by atoms with E-state index < -0.39 is 5.91 Å². The van der Waals surface area contributed by atoms with Crippen molar-refractivity contribution < 1.29 is 13.9 Å². The van der Waals surface area contributed by atoms with Gasteiger partial charge in [0.25, 0.3) is 0 Å². The van der Waals surface area contributed by atoms with Crippen molar-refractivity contribution in [3.63, 3.8) is 0 Å². The van der Waals surface area contributed by atoms with E-state index in [1.54, 1.807) is 13.2 Å². The minimum atomic E-state index is -0.413. The fourth-order valence-corrected chi connectivity index (χ4v) is 3.84. The third-order valence-corrected chi connectivity index (χ3v) is 4.53. The Morgan fingerprint density at radius 2 is 2.12 bits per heavy atom. The van der Waals surface area contributed by atoms with E-state index in [1.165, 1.54) is 6.21 Å². The Morgan fingerprint density at radius 1 is 1.33 bits per heavy atom. The Balaban J connectivity index is 1.78. The maximum Gasteiger partial charge on any atom is 0.307 e. The Bertz CT molecular complexity index is 937. The molecule has 0 saturated carbocycles. The smallest absolute Gasteiger partial charge is 0.307 e. The van der Waals surface area contributed by atoms with Crippen molar-refractivity contribution in [3.05, 3.63) is 61.8 Å². The van der Waals surface area contributed by atoms with E-state index in [2.05, 4.69) is 49.0 Å². The number of nitrogens with zero attached hydrogens (tertiary/aromatic N) is 1. The second-order valence-electron chi connectivity index (χ2n) is 4.86. The molecule has 0 fully saturated rings. The van der Waals surface area contributed by atoms with E-state index in [1.807, 2.05) is 36.4 Å². The Labute approximate surface area is 160 Å². The Morgan fingerprint density at radius 3 is 2.92 bits per heavy atom. The van der Waals surface area contributed by atoms with Gasteiger partial charge in [0.05, 0.1) is 16.9 Å². The average Bonchev–Trinajstić information content (AvgIpc) is 2.99. The molecule has 0 spiro atoms. The van der Waals surface area contributed by atoms with Crippen LogP contribution >= 0.6 is 38.5 Å². The third-order valence-electron chi connectivity index (χ3n) is 3.27. The van der Waals surface area contributed by atoms with Gasteiger partial charge < -0.3 is 9.15 Å². The molecule has 0 aliphatic heterocycles. The molecule has 1 amide bonds. The monoisotopic (exact) mass is 498 g/mol. The maximum absolute atomic E-state index is 12.2. The van der Waals surface area contributed by atoms with Crippen molar-refractivity contribution in [1.82, 2.24) is 5.43 Å². The number of furan rings is 1. The van der Waals surface area contributed by atoms with E-state index in [4.69, 9.17) is 9.15 Å². The fraction of sp³-hybridized carbons (Fsp3) is 0.0588. The van der Waals surface area contributed by atoms with Crippen LogP contribution in [-0.2, 0) is 0 Å². The zero-order valence-electron chi connectivity index (χ0n) is 12.5. The lowest BCUT2D eigenvalue weighted by atomic mass is 10.2. The molecule has 24 heavy (non-hydrogen) atoms. The number of amides is 1. The number of hydrogen-bond acceptors (Lipinski definition) is 4. The fourth-order valence-electron chi connectivity index (χ4n) is 2.18. The summed E-state index contributed by atoms with van der Waals surface area (Å²) in [6, 6.07) is 12.9. The van der Waals surface area contributed by atoms with E-state index in [9.17, 15) is 4.79 Å². The number of hydrogen-bond donors (Lipinski definition) is 1. The number of carbonyl (C=O) groups is 1. The number of carbonyl (C=O) groups excluding carboxylic acids is 1. The van der Waals surface area contributed by atoms with Gasteiger partial charge in [-0.15, -0.1) is 0 Å². The number of halogens is 2. The van der Waals surface area contributed by atoms with Crippen LogP contribution in [0.4, 0.5) is 0 Å². The second kappa shape index (κ2) is 7.35. The topological polar surface area (TPSA) is 63.8 Å². The van der Waals surface area contributed by atoms with E-state index in [0.717, 1.165) is 19.0 Å². The van der Waals surface area contributed by atoms with Crippen LogP contribution in [0.5, 0.6) is 5.75 Å². The summed E-state index contributed by atoms with van der Waals surface area (Å²) in [6.07, 6.45) is 1.53. The molecule has 0 atom stereocenters. The van der Waals surface area contributed by atoms with Gasteiger partial charge in [-0.2, -0.15) is 5.10 Å². The molecule has 7 heteroatoms. The first kappa shape index (κ1) is 17.0. The van der Waals surface area contributed by atoms with Crippen LogP contribution in [0.3, 0.4) is 0 Å². The van der Waals surface area contributed by atoms with Crippen LogP contribution in [0, 0.1) is 3.57 Å². The number of nitrogens with one attached hydrogen (secondary N) is 1. The highest BCUT2D eigenvalue weighted by Gasteiger charge is 2.14. The van der Waals surface area contributed by atoms with E-state index in [0.29, 0.717) is 11.3 Å². The summed E-state index contributed by atoms with van der Waals surface area (Å²) in [7, 11) is 1.58. The number of ether oxygens (including phenoxy) is 1. The van der Waals surface area contributed by atoms with Crippen molar-refractivity contribution in [2.45, 2.75) is 0 Å². The van der Waals surface area contributed by atoms with E-state index in [-0.39, 0.29) is 5.76 Å². The zero-order chi connectivity index (χ0) is 17.1. The molecular weight excluding hydrogens is 487 g/mol. The van der Waals surface area contributed by atoms with Crippen LogP contribution in [0.25, 0.3) is 11.0 Å². The van der Waals surface area contributed by atoms with Crippen LogP contribution in [0.1, 0.15) is 16.1 Å². The van der Waals surface area contributed by atoms with Gasteiger partial charge in [-0.05, 0) is 52.9 Å². The predicted molar refractivity (Wildman–Crippen MR) is 105 cm³/mol. The molecule has 3 rings (SSSR count). The number of para-hydroxylation sites is 1. The van der Waals surface area contributed by atoms with Crippen LogP contribution < -0.4 is 10.2 Å². The van der Waals surface area contributed by atoms with Gasteiger partial charge in [0.2, 0.25) is 0 Å². The first-order valence-electron chi connectivity index (χ1n) is 6.93. The van der Waals surface area contributed by atoms with Gasteiger partial charge in [-0.25, -0.2) is 5.43 Å². The highest BCUT2D eigenvalue weighted by Crippen LogP contribution is 2.28. The SMILES string of the molecule is COc1ccccc1/C=N\NC(=O)c1cc2cc(Br)cc(I)c2o1. The molecule has 1 aromatic heterocycles. The number of methoxy groups -OCH3 is 1. The lowest BCUT2D eigenvalue weighted by molar-refractivity contribution is 0.0929. The molecule has 0 unspecified atom stereocenters. The molecular formula is C17H12BrIN2O3. The van der Waals surface area contributed by atoms with Crippen molar-refractivity contribution in [2.24, 2.45) is 5.10 Å². The molecule has 0 radical (unpaired) electrons. The first-order valence-corrected chi connectivity index (χ1v) is 8.80. The van der Waals surface area contributed by atoms with E-state index >= 15 is 0 Å². The van der Waals surface area contributed by atoms with Gasteiger partial charge >= 0.3 is 5.91 Å². The van der Waals surface area contributed by atoms with Crippen LogP contribution in [0.15, 0.2) is 56.5 Å². The average molecular weight is 499 g/mol. The Hall–Kier alpha value is -1.87. The predicted octanol–water partition coefficient (Wildman–Crippen LogP) is 4.57. The molecule has 3 aromatic rings. The highest BCUT2D eigenvalue weighted by atomic mass is 127. The number of hydrazone groups is 1. The largest absolute Gasteiger partial charge is 0.496 e. The van der Waals surface area contributed by atoms with Gasteiger partial charge in [-0.3, -0.25) is 4.79 Å². The van der Waals surface area contributed by atoms with Gasteiger partial charge in [-0.1, -0.05) is 28.1 Å².